The zero-order chi connectivity index (χ0) is 13.2. The van der Waals surface area contributed by atoms with Crippen molar-refractivity contribution in [3.63, 3.8) is 0 Å². The number of hydrazine groups is 1. The molecule has 2 aliphatic heterocycles. The van der Waals surface area contributed by atoms with E-state index in [2.05, 4.69) is 36.1 Å². The third-order valence-corrected chi connectivity index (χ3v) is 3.97. The van der Waals surface area contributed by atoms with Gasteiger partial charge < -0.3 is 14.8 Å². The second-order valence-corrected chi connectivity index (χ2v) is 5.35. The van der Waals surface area contributed by atoms with E-state index in [1.807, 2.05) is 12.1 Å². The molecule has 1 saturated heterocycles. The molecule has 0 aromatic heterocycles. The maximum Gasteiger partial charge on any atom is 0.231 e. The minimum Gasteiger partial charge on any atom is -0.454 e. The normalized spacial score (nSPS) is 28.8. The molecule has 2 atom stereocenters. The van der Waals surface area contributed by atoms with Crippen LogP contribution in [0.1, 0.15) is 19.4 Å². The highest BCUT2D eigenvalue weighted by molar-refractivity contribution is 5.44. The highest BCUT2D eigenvalue weighted by Gasteiger charge is 2.28. The van der Waals surface area contributed by atoms with E-state index in [1.165, 1.54) is 5.56 Å². The summed E-state index contributed by atoms with van der Waals surface area (Å²) in [6, 6.07) is 7.10. The minimum atomic E-state index is 0.334. The molecule has 3 N–H and O–H groups in total. The molecule has 104 valence electrons. The Morgan fingerprint density at radius 1 is 1.16 bits per heavy atom. The fraction of sp³-hybridized carbons (Fsp3) is 0.571. The molecule has 5 heteroatoms. The molecule has 0 bridgehead atoms. The summed E-state index contributed by atoms with van der Waals surface area (Å²) in [6.07, 6.45) is 0. The summed E-state index contributed by atoms with van der Waals surface area (Å²) < 4.78 is 10.7. The SMILES string of the molecule is CC1NNC(C)C1CNCc1ccc2c(c1)OCO2. The number of nitrogens with one attached hydrogen (secondary N) is 3. The molecule has 2 unspecified atom stereocenters. The third kappa shape index (κ3) is 2.68. The number of ether oxygens (including phenoxy) is 2. The van der Waals surface area contributed by atoms with Crippen molar-refractivity contribution in [3.8, 4) is 11.5 Å². The van der Waals surface area contributed by atoms with Crippen LogP contribution in [0.2, 0.25) is 0 Å². The van der Waals surface area contributed by atoms with Crippen molar-refractivity contribution < 1.29 is 9.47 Å². The van der Waals surface area contributed by atoms with Gasteiger partial charge in [-0.25, -0.2) is 0 Å². The minimum absolute atomic E-state index is 0.334. The van der Waals surface area contributed by atoms with Gasteiger partial charge in [-0.3, -0.25) is 10.9 Å². The van der Waals surface area contributed by atoms with Crippen LogP contribution in [-0.4, -0.2) is 25.4 Å². The molecule has 0 radical (unpaired) electrons. The van der Waals surface area contributed by atoms with Crippen molar-refractivity contribution in [2.45, 2.75) is 32.5 Å². The van der Waals surface area contributed by atoms with Gasteiger partial charge in [0.2, 0.25) is 6.79 Å². The lowest BCUT2D eigenvalue weighted by Crippen LogP contribution is -2.33. The number of hydrogen-bond acceptors (Lipinski definition) is 5. The first kappa shape index (κ1) is 12.7. The first-order valence-electron chi connectivity index (χ1n) is 6.84. The van der Waals surface area contributed by atoms with Crippen LogP contribution in [-0.2, 0) is 6.54 Å². The van der Waals surface area contributed by atoms with Crippen LogP contribution in [0.15, 0.2) is 18.2 Å². The number of hydrogen-bond donors (Lipinski definition) is 3. The molecule has 3 rings (SSSR count). The molecule has 2 heterocycles. The van der Waals surface area contributed by atoms with Crippen LogP contribution in [0.5, 0.6) is 11.5 Å². The van der Waals surface area contributed by atoms with E-state index < -0.39 is 0 Å². The lowest BCUT2D eigenvalue weighted by atomic mass is 9.97. The van der Waals surface area contributed by atoms with Crippen LogP contribution in [0.3, 0.4) is 0 Å². The number of rotatable bonds is 4. The maximum atomic E-state index is 5.38. The fourth-order valence-corrected chi connectivity index (χ4v) is 2.70. The first-order chi connectivity index (χ1) is 9.24. The molecule has 2 aliphatic rings. The third-order valence-electron chi connectivity index (χ3n) is 3.97. The summed E-state index contributed by atoms with van der Waals surface area (Å²) in [5, 5.41) is 3.52. The maximum absolute atomic E-state index is 5.38. The van der Waals surface area contributed by atoms with Crippen molar-refractivity contribution in [1.82, 2.24) is 16.2 Å². The quantitative estimate of drug-likeness (QED) is 0.757. The molecule has 1 aromatic carbocycles. The van der Waals surface area contributed by atoms with Gasteiger partial charge in [-0.05, 0) is 31.5 Å². The summed E-state index contributed by atoms with van der Waals surface area (Å²) >= 11 is 0. The van der Waals surface area contributed by atoms with E-state index in [-0.39, 0.29) is 0 Å². The molecule has 0 amide bonds. The van der Waals surface area contributed by atoms with Crippen LogP contribution >= 0.6 is 0 Å². The summed E-state index contributed by atoms with van der Waals surface area (Å²) in [6.45, 7) is 6.61. The smallest absolute Gasteiger partial charge is 0.231 e. The van der Waals surface area contributed by atoms with Gasteiger partial charge in [0.05, 0.1) is 0 Å². The van der Waals surface area contributed by atoms with Crippen LogP contribution in [0.25, 0.3) is 0 Å². The Balaban J connectivity index is 1.52. The Kier molecular flexibility index (Phi) is 3.59. The lowest BCUT2D eigenvalue weighted by molar-refractivity contribution is 0.174. The monoisotopic (exact) mass is 263 g/mol. The van der Waals surface area contributed by atoms with E-state index in [0.717, 1.165) is 24.6 Å². The van der Waals surface area contributed by atoms with Gasteiger partial charge in [0.1, 0.15) is 0 Å². The Labute approximate surface area is 113 Å². The van der Waals surface area contributed by atoms with E-state index in [0.29, 0.717) is 24.8 Å². The van der Waals surface area contributed by atoms with Gasteiger partial charge in [0.25, 0.3) is 0 Å². The second kappa shape index (κ2) is 5.36. The zero-order valence-corrected chi connectivity index (χ0v) is 11.4. The largest absolute Gasteiger partial charge is 0.454 e. The summed E-state index contributed by atoms with van der Waals surface area (Å²) in [5.74, 6) is 2.30. The van der Waals surface area contributed by atoms with Crippen LogP contribution in [0.4, 0.5) is 0 Å². The van der Waals surface area contributed by atoms with E-state index in [4.69, 9.17) is 9.47 Å². The van der Waals surface area contributed by atoms with Gasteiger partial charge in [0, 0.05) is 31.1 Å². The molecule has 1 fully saturated rings. The Hall–Kier alpha value is -1.30. The number of fused-ring (bicyclic) bond motifs is 1. The zero-order valence-electron chi connectivity index (χ0n) is 11.4. The molecule has 5 nitrogen and oxygen atoms in total. The topological polar surface area (TPSA) is 54.5 Å². The predicted molar refractivity (Wildman–Crippen MR) is 73.0 cm³/mol. The molecule has 19 heavy (non-hydrogen) atoms. The van der Waals surface area contributed by atoms with Crippen LogP contribution < -0.4 is 25.6 Å². The van der Waals surface area contributed by atoms with Gasteiger partial charge >= 0.3 is 0 Å². The molecular weight excluding hydrogens is 242 g/mol. The van der Waals surface area contributed by atoms with Crippen molar-refractivity contribution in [2.24, 2.45) is 5.92 Å². The molecule has 0 spiro atoms. The molecular formula is C14H21N3O2. The van der Waals surface area contributed by atoms with Gasteiger partial charge in [-0.2, -0.15) is 0 Å². The van der Waals surface area contributed by atoms with Gasteiger partial charge in [0.15, 0.2) is 11.5 Å². The summed E-state index contributed by atoms with van der Waals surface area (Å²) in [5.41, 5.74) is 7.78. The Morgan fingerprint density at radius 2 is 1.89 bits per heavy atom. The van der Waals surface area contributed by atoms with E-state index in [9.17, 15) is 0 Å². The Bertz CT molecular complexity index is 442. The average Bonchev–Trinajstić information content (AvgIpc) is 2.99. The second-order valence-electron chi connectivity index (χ2n) is 5.35. The van der Waals surface area contributed by atoms with Crippen molar-refractivity contribution in [1.29, 1.82) is 0 Å². The molecule has 0 aliphatic carbocycles. The van der Waals surface area contributed by atoms with Crippen LogP contribution in [0, 0.1) is 5.92 Å². The summed E-state index contributed by atoms with van der Waals surface area (Å²) in [7, 11) is 0. The lowest BCUT2D eigenvalue weighted by Gasteiger charge is -2.18. The predicted octanol–water partition coefficient (Wildman–Crippen LogP) is 1.01. The fourth-order valence-electron chi connectivity index (χ4n) is 2.70. The summed E-state index contributed by atoms with van der Waals surface area (Å²) in [4.78, 5) is 0. The standard InChI is InChI=1S/C14H21N3O2/c1-9-12(10(2)17-16-9)7-15-6-11-3-4-13-14(5-11)19-8-18-13/h3-5,9-10,12,15-17H,6-8H2,1-2H3. The van der Waals surface area contributed by atoms with Crippen molar-refractivity contribution in [2.75, 3.05) is 13.3 Å². The molecule has 0 saturated carbocycles. The highest BCUT2D eigenvalue weighted by Crippen LogP contribution is 2.32. The van der Waals surface area contributed by atoms with E-state index >= 15 is 0 Å². The van der Waals surface area contributed by atoms with Crippen molar-refractivity contribution >= 4 is 0 Å². The number of benzene rings is 1. The van der Waals surface area contributed by atoms with Gasteiger partial charge in [-0.1, -0.05) is 6.07 Å². The highest BCUT2D eigenvalue weighted by atomic mass is 16.7. The van der Waals surface area contributed by atoms with Crippen molar-refractivity contribution in [3.05, 3.63) is 23.8 Å². The molecule has 1 aromatic rings. The van der Waals surface area contributed by atoms with Gasteiger partial charge in [-0.15, -0.1) is 0 Å². The Morgan fingerprint density at radius 3 is 2.68 bits per heavy atom. The first-order valence-corrected chi connectivity index (χ1v) is 6.84. The van der Waals surface area contributed by atoms with E-state index in [1.54, 1.807) is 0 Å². The average molecular weight is 263 g/mol.